The molecule has 0 saturated carbocycles. The number of hydrogen-bond donors (Lipinski definition) is 0. The fourth-order valence-electron chi connectivity index (χ4n) is 1.41. The van der Waals surface area contributed by atoms with Gasteiger partial charge in [0.2, 0.25) is 0 Å². The Bertz CT molecular complexity index is 397. The molecule has 2 heteroatoms. The van der Waals surface area contributed by atoms with Gasteiger partial charge < -0.3 is 4.74 Å². The van der Waals surface area contributed by atoms with Crippen molar-refractivity contribution in [2.45, 2.75) is 27.7 Å². The van der Waals surface area contributed by atoms with Crippen LogP contribution < -0.4 is 0 Å². The Morgan fingerprint density at radius 3 is 2.29 bits per heavy atom. The maximum Gasteiger partial charge on any atom is 0.335 e. The summed E-state index contributed by atoms with van der Waals surface area (Å²) in [6.07, 6.45) is 3.15. The van der Waals surface area contributed by atoms with Crippen LogP contribution in [0, 0.1) is 11.5 Å². The van der Waals surface area contributed by atoms with E-state index in [1.165, 1.54) is 0 Å². The summed E-state index contributed by atoms with van der Waals surface area (Å²) >= 11 is 0. The van der Waals surface area contributed by atoms with Gasteiger partial charge in [-0.1, -0.05) is 51.1 Å². The third-order valence-corrected chi connectivity index (χ3v) is 2.27. The Labute approximate surface area is 103 Å². The van der Waals surface area contributed by atoms with Gasteiger partial charge in [-0.05, 0) is 17.9 Å². The molecule has 2 nitrogen and oxygen atoms in total. The number of esters is 1. The monoisotopic (exact) mass is 231 g/mol. The lowest BCUT2D eigenvalue weighted by molar-refractivity contribution is -0.139. The van der Waals surface area contributed by atoms with E-state index in [-0.39, 0.29) is 11.4 Å². The van der Waals surface area contributed by atoms with Gasteiger partial charge in [-0.25, -0.2) is 4.79 Å². The molecule has 1 aromatic rings. The van der Waals surface area contributed by atoms with Gasteiger partial charge in [0.1, 0.15) is 0 Å². The van der Waals surface area contributed by atoms with E-state index in [4.69, 9.17) is 4.74 Å². The molecule has 0 saturated heterocycles. The van der Waals surface area contributed by atoms with Gasteiger partial charge in [0.05, 0.1) is 12.2 Å². The highest BCUT2D eigenvalue weighted by Gasteiger charge is 2.25. The predicted octanol–water partition coefficient (Wildman–Crippen LogP) is 3.37. The minimum atomic E-state index is -0.288. The van der Waals surface area contributed by atoms with Gasteiger partial charge in [-0.2, -0.15) is 0 Å². The average Bonchev–Trinajstić information content (AvgIpc) is 2.26. The van der Waals surface area contributed by atoms with Crippen molar-refractivity contribution in [1.29, 1.82) is 0 Å². The summed E-state index contributed by atoms with van der Waals surface area (Å²) in [6, 6.07) is 9.63. The van der Waals surface area contributed by atoms with E-state index in [0.717, 1.165) is 5.56 Å². The lowest BCUT2D eigenvalue weighted by Crippen LogP contribution is -2.20. The van der Waals surface area contributed by atoms with E-state index in [1.54, 1.807) is 6.92 Å². The first-order valence-corrected chi connectivity index (χ1v) is 5.81. The summed E-state index contributed by atoms with van der Waals surface area (Å²) in [7, 11) is 0. The van der Waals surface area contributed by atoms with Crippen molar-refractivity contribution in [3.05, 3.63) is 47.5 Å². The first kappa shape index (κ1) is 13.5. The molecule has 0 heterocycles. The number of benzene rings is 1. The van der Waals surface area contributed by atoms with Gasteiger partial charge in [0.25, 0.3) is 0 Å². The topological polar surface area (TPSA) is 26.3 Å². The molecule has 0 aliphatic rings. The number of rotatable bonds is 3. The molecular formula is C15H19O2. The molecule has 0 aromatic heterocycles. The number of hydrogen-bond acceptors (Lipinski definition) is 2. The zero-order chi connectivity index (χ0) is 12.9. The van der Waals surface area contributed by atoms with Crippen LogP contribution in [0.3, 0.4) is 0 Å². The molecule has 1 radical (unpaired) electrons. The van der Waals surface area contributed by atoms with Gasteiger partial charge in [-0.15, -0.1) is 0 Å². The van der Waals surface area contributed by atoms with Crippen LogP contribution in [0.15, 0.2) is 35.9 Å². The van der Waals surface area contributed by atoms with E-state index < -0.39 is 0 Å². The highest BCUT2D eigenvalue weighted by Crippen LogP contribution is 2.27. The van der Waals surface area contributed by atoms with Crippen molar-refractivity contribution < 1.29 is 9.53 Å². The SMILES string of the molecule is CCOC(=O)C(=[C]c1ccccc1)C(C)(C)C. The van der Waals surface area contributed by atoms with Crippen molar-refractivity contribution in [1.82, 2.24) is 0 Å². The summed E-state index contributed by atoms with van der Waals surface area (Å²) in [5.41, 5.74) is 1.19. The first-order valence-electron chi connectivity index (χ1n) is 5.81. The van der Waals surface area contributed by atoms with Crippen LogP contribution in [-0.4, -0.2) is 12.6 Å². The van der Waals surface area contributed by atoms with Crippen molar-refractivity contribution in [2.24, 2.45) is 5.41 Å². The highest BCUT2D eigenvalue weighted by atomic mass is 16.5. The van der Waals surface area contributed by atoms with Gasteiger partial charge in [0.15, 0.2) is 0 Å². The van der Waals surface area contributed by atoms with E-state index in [0.29, 0.717) is 12.2 Å². The van der Waals surface area contributed by atoms with Gasteiger partial charge >= 0.3 is 5.97 Å². The van der Waals surface area contributed by atoms with Gasteiger partial charge in [-0.3, -0.25) is 0 Å². The Morgan fingerprint density at radius 2 is 1.82 bits per heavy atom. The van der Waals surface area contributed by atoms with E-state index in [2.05, 4.69) is 6.08 Å². The Balaban J connectivity index is 3.07. The first-order chi connectivity index (χ1) is 7.95. The van der Waals surface area contributed by atoms with Gasteiger partial charge in [0, 0.05) is 6.08 Å². The molecule has 0 unspecified atom stereocenters. The van der Waals surface area contributed by atoms with Crippen molar-refractivity contribution in [3.63, 3.8) is 0 Å². The normalized spacial score (nSPS) is 12.4. The van der Waals surface area contributed by atoms with Crippen LogP contribution in [-0.2, 0) is 9.53 Å². The number of carbonyl (C=O) groups is 1. The second-order valence-corrected chi connectivity index (χ2v) is 4.84. The smallest absolute Gasteiger partial charge is 0.335 e. The van der Waals surface area contributed by atoms with Crippen LogP contribution in [0.5, 0.6) is 0 Å². The molecule has 0 aliphatic carbocycles. The quantitative estimate of drug-likeness (QED) is 0.589. The molecule has 0 atom stereocenters. The third kappa shape index (κ3) is 4.06. The summed E-state index contributed by atoms with van der Waals surface area (Å²) in [4.78, 5) is 11.9. The zero-order valence-electron chi connectivity index (χ0n) is 10.9. The number of carbonyl (C=O) groups excluding carboxylic acids is 1. The fourth-order valence-corrected chi connectivity index (χ4v) is 1.41. The molecule has 1 rings (SSSR count). The van der Waals surface area contributed by atoms with Crippen molar-refractivity contribution in [2.75, 3.05) is 6.61 Å². The third-order valence-electron chi connectivity index (χ3n) is 2.27. The second kappa shape index (κ2) is 5.67. The molecule has 0 aliphatic heterocycles. The summed E-state index contributed by atoms with van der Waals surface area (Å²) < 4.78 is 5.06. The van der Waals surface area contributed by atoms with Crippen molar-refractivity contribution >= 4 is 5.97 Å². The molecule has 91 valence electrons. The second-order valence-electron chi connectivity index (χ2n) is 4.84. The van der Waals surface area contributed by atoms with Crippen LogP contribution in [0.25, 0.3) is 0 Å². The molecule has 0 spiro atoms. The maximum absolute atomic E-state index is 11.9. The molecule has 0 bridgehead atoms. The van der Waals surface area contributed by atoms with E-state index in [1.807, 2.05) is 51.1 Å². The summed E-state index contributed by atoms with van der Waals surface area (Å²) in [6.45, 7) is 8.13. The molecule has 0 N–H and O–H groups in total. The van der Waals surface area contributed by atoms with Crippen LogP contribution in [0.2, 0.25) is 0 Å². The van der Waals surface area contributed by atoms with Crippen LogP contribution >= 0.6 is 0 Å². The zero-order valence-corrected chi connectivity index (χ0v) is 10.9. The van der Waals surface area contributed by atoms with Crippen LogP contribution in [0.4, 0.5) is 0 Å². The van der Waals surface area contributed by atoms with Crippen LogP contribution in [0.1, 0.15) is 33.3 Å². The highest BCUT2D eigenvalue weighted by molar-refractivity contribution is 5.89. The minimum Gasteiger partial charge on any atom is -0.463 e. The Kier molecular flexibility index (Phi) is 4.50. The van der Waals surface area contributed by atoms with E-state index in [9.17, 15) is 4.79 Å². The standard InChI is InChI=1S/C15H19O2/c1-5-17-14(16)13(15(2,3)4)11-12-9-7-6-8-10-12/h6-10H,5H2,1-4H3. The Hall–Kier alpha value is -1.57. The largest absolute Gasteiger partial charge is 0.463 e. The minimum absolute atomic E-state index is 0.276. The van der Waals surface area contributed by atoms with Crippen molar-refractivity contribution in [3.8, 4) is 0 Å². The average molecular weight is 231 g/mol. The van der Waals surface area contributed by atoms with E-state index >= 15 is 0 Å². The number of ether oxygens (including phenoxy) is 1. The summed E-state index contributed by atoms with van der Waals surface area (Å²) in [5, 5.41) is 0. The molecule has 0 fully saturated rings. The molecule has 0 amide bonds. The fraction of sp³-hybridized carbons (Fsp3) is 0.400. The lowest BCUT2D eigenvalue weighted by Gasteiger charge is -2.21. The summed E-state index contributed by atoms with van der Waals surface area (Å²) in [5.74, 6) is -0.288. The predicted molar refractivity (Wildman–Crippen MR) is 68.4 cm³/mol. The molecular weight excluding hydrogens is 212 g/mol. The lowest BCUT2D eigenvalue weighted by atomic mass is 9.85. The maximum atomic E-state index is 11.9. The Morgan fingerprint density at radius 1 is 1.24 bits per heavy atom. The molecule has 1 aromatic carbocycles. The molecule has 17 heavy (non-hydrogen) atoms.